The molecule has 2 atom stereocenters. The molecule has 2 rings (SSSR count). The standard InChI is InChI=1S/C10H16N4O4S/c1-6-4-7(11)2-3-14(6)19(17,18)8-5-12-10(16)13-9(8)15/h5-7H,2-4,11H2,1H3,(H2,12,13,15,16). The quantitative estimate of drug-likeness (QED) is 0.614. The predicted octanol–water partition coefficient (Wildman–Crippen LogP) is -1.44. The minimum absolute atomic E-state index is 0.0321. The van der Waals surface area contributed by atoms with E-state index in [-0.39, 0.29) is 18.6 Å². The summed E-state index contributed by atoms with van der Waals surface area (Å²) in [5.74, 6) is 0. The van der Waals surface area contributed by atoms with E-state index in [0.29, 0.717) is 12.8 Å². The number of H-pyrrole nitrogens is 2. The minimum atomic E-state index is -3.92. The second kappa shape index (κ2) is 4.91. The lowest BCUT2D eigenvalue weighted by atomic mass is 10.0. The first-order valence-corrected chi connectivity index (χ1v) is 7.36. The molecule has 0 aromatic carbocycles. The van der Waals surface area contributed by atoms with Crippen LogP contribution >= 0.6 is 0 Å². The Bertz CT molecular complexity index is 677. The van der Waals surface area contributed by atoms with Gasteiger partial charge in [0.1, 0.15) is 0 Å². The van der Waals surface area contributed by atoms with Gasteiger partial charge in [0.15, 0.2) is 4.90 Å². The summed E-state index contributed by atoms with van der Waals surface area (Å²) in [7, 11) is -3.92. The summed E-state index contributed by atoms with van der Waals surface area (Å²) in [4.78, 5) is 26.1. The molecule has 0 amide bonds. The van der Waals surface area contributed by atoms with E-state index in [2.05, 4.69) is 4.98 Å². The normalized spacial score (nSPS) is 25.4. The molecule has 0 radical (unpaired) electrons. The highest BCUT2D eigenvalue weighted by Gasteiger charge is 2.35. The monoisotopic (exact) mass is 288 g/mol. The van der Waals surface area contributed by atoms with Crippen LogP contribution in [0.2, 0.25) is 0 Å². The van der Waals surface area contributed by atoms with E-state index >= 15 is 0 Å². The van der Waals surface area contributed by atoms with Crippen LogP contribution in [-0.4, -0.2) is 41.3 Å². The van der Waals surface area contributed by atoms with Gasteiger partial charge in [-0.05, 0) is 19.8 Å². The van der Waals surface area contributed by atoms with Crippen LogP contribution < -0.4 is 17.0 Å². The van der Waals surface area contributed by atoms with Gasteiger partial charge in [-0.25, -0.2) is 13.2 Å². The third kappa shape index (κ3) is 2.62. The first kappa shape index (κ1) is 14.0. The Morgan fingerprint density at radius 2 is 2.11 bits per heavy atom. The second-order valence-electron chi connectivity index (χ2n) is 4.69. The zero-order valence-corrected chi connectivity index (χ0v) is 11.2. The van der Waals surface area contributed by atoms with Gasteiger partial charge in [0.25, 0.3) is 5.56 Å². The fourth-order valence-electron chi connectivity index (χ4n) is 2.26. The van der Waals surface area contributed by atoms with Gasteiger partial charge in [-0.15, -0.1) is 0 Å². The Morgan fingerprint density at radius 1 is 1.42 bits per heavy atom. The lowest BCUT2D eigenvalue weighted by Gasteiger charge is -2.34. The van der Waals surface area contributed by atoms with E-state index in [1.54, 1.807) is 6.92 Å². The van der Waals surface area contributed by atoms with Crippen LogP contribution in [0, 0.1) is 0 Å². The highest BCUT2D eigenvalue weighted by Crippen LogP contribution is 2.22. The summed E-state index contributed by atoms with van der Waals surface area (Å²) in [6, 6.07) is -0.310. The summed E-state index contributed by atoms with van der Waals surface area (Å²) in [5, 5.41) is 0. The number of aromatic amines is 2. The number of hydrogen-bond acceptors (Lipinski definition) is 5. The molecule has 106 valence electrons. The maximum Gasteiger partial charge on any atom is 0.325 e. The van der Waals surface area contributed by atoms with Gasteiger partial charge in [-0.2, -0.15) is 4.31 Å². The molecule has 4 N–H and O–H groups in total. The van der Waals surface area contributed by atoms with Crippen molar-refractivity contribution in [2.75, 3.05) is 6.54 Å². The highest BCUT2D eigenvalue weighted by molar-refractivity contribution is 7.89. The topological polar surface area (TPSA) is 129 Å². The van der Waals surface area contributed by atoms with Gasteiger partial charge >= 0.3 is 5.69 Å². The smallest absolute Gasteiger partial charge is 0.325 e. The van der Waals surface area contributed by atoms with E-state index in [4.69, 9.17) is 5.73 Å². The number of hydrogen-bond donors (Lipinski definition) is 3. The summed E-state index contributed by atoms with van der Waals surface area (Å²) >= 11 is 0. The summed E-state index contributed by atoms with van der Waals surface area (Å²) < 4.78 is 26.0. The van der Waals surface area contributed by atoms with Crippen LogP contribution in [-0.2, 0) is 10.0 Å². The van der Waals surface area contributed by atoms with E-state index < -0.39 is 26.2 Å². The average molecular weight is 288 g/mol. The van der Waals surface area contributed by atoms with Crippen molar-refractivity contribution >= 4 is 10.0 Å². The van der Waals surface area contributed by atoms with Crippen molar-refractivity contribution in [3.63, 3.8) is 0 Å². The Hall–Kier alpha value is -1.45. The van der Waals surface area contributed by atoms with E-state index in [1.165, 1.54) is 4.31 Å². The molecule has 1 aliphatic rings. The fourth-order valence-corrected chi connectivity index (χ4v) is 3.91. The molecule has 0 bridgehead atoms. The Morgan fingerprint density at radius 3 is 2.68 bits per heavy atom. The number of rotatable bonds is 2. The van der Waals surface area contributed by atoms with Gasteiger partial charge in [-0.1, -0.05) is 0 Å². The van der Waals surface area contributed by atoms with Crippen molar-refractivity contribution in [1.82, 2.24) is 14.3 Å². The molecule has 1 saturated heterocycles. The lowest BCUT2D eigenvalue weighted by molar-refractivity contribution is 0.247. The van der Waals surface area contributed by atoms with Crippen LogP contribution in [0.3, 0.4) is 0 Å². The highest BCUT2D eigenvalue weighted by atomic mass is 32.2. The van der Waals surface area contributed by atoms with Crippen molar-refractivity contribution in [1.29, 1.82) is 0 Å². The maximum absolute atomic E-state index is 12.4. The molecule has 0 saturated carbocycles. The number of sulfonamides is 1. The molecule has 1 aromatic heterocycles. The lowest BCUT2D eigenvalue weighted by Crippen LogP contribution is -2.49. The summed E-state index contributed by atoms with van der Waals surface area (Å²) in [6.45, 7) is 2.01. The largest absolute Gasteiger partial charge is 0.328 e. The summed E-state index contributed by atoms with van der Waals surface area (Å²) in [5.41, 5.74) is 4.13. The van der Waals surface area contributed by atoms with Crippen LogP contribution in [0.1, 0.15) is 19.8 Å². The molecule has 1 aromatic rings. The summed E-state index contributed by atoms with van der Waals surface area (Å²) in [6.07, 6.45) is 2.02. The molecular formula is C10H16N4O4S. The van der Waals surface area contributed by atoms with Gasteiger partial charge in [0, 0.05) is 24.8 Å². The van der Waals surface area contributed by atoms with Gasteiger partial charge in [0.05, 0.1) is 0 Å². The SMILES string of the molecule is CC1CC(N)CCN1S(=O)(=O)c1c[nH]c(=O)[nH]c1=O. The molecule has 1 aliphatic heterocycles. The Kier molecular flexibility index (Phi) is 3.61. The van der Waals surface area contributed by atoms with Crippen molar-refractivity contribution in [2.45, 2.75) is 36.7 Å². The molecule has 19 heavy (non-hydrogen) atoms. The minimum Gasteiger partial charge on any atom is -0.328 e. The van der Waals surface area contributed by atoms with Gasteiger partial charge in [0.2, 0.25) is 10.0 Å². The molecule has 9 heteroatoms. The first-order chi connectivity index (χ1) is 8.82. The van der Waals surface area contributed by atoms with Crippen molar-refractivity contribution in [2.24, 2.45) is 5.73 Å². The number of nitrogens with zero attached hydrogens (tertiary/aromatic N) is 1. The third-order valence-corrected chi connectivity index (χ3v) is 5.25. The Labute approximate surface area is 109 Å². The zero-order chi connectivity index (χ0) is 14.2. The number of nitrogens with two attached hydrogens (primary N) is 1. The van der Waals surface area contributed by atoms with E-state index in [0.717, 1.165) is 6.20 Å². The molecule has 8 nitrogen and oxygen atoms in total. The van der Waals surface area contributed by atoms with Crippen LogP contribution in [0.15, 0.2) is 20.7 Å². The molecule has 2 heterocycles. The molecule has 0 spiro atoms. The fraction of sp³-hybridized carbons (Fsp3) is 0.600. The van der Waals surface area contributed by atoms with Crippen LogP contribution in [0.5, 0.6) is 0 Å². The van der Waals surface area contributed by atoms with Crippen LogP contribution in [0.25, 0.3) is 0 Å². The average Bonchev–Trinajstić information content (AvgIpc) is 2.27. The van der Waals surface area contributed by atoms with Crippen molar-refractivity contribution in [3.8, 4) is 0 Å². The van der Waals surface area contributed by atoms with E-state index in [9.17, 15) is 18.0 Å². The number of aromatic nitrogens is 2. The van der Waals surface area contributed by atoms with Gasteiger partial charge < -0.3 is 10.7 Å². The molecular weight excluding hydrogens is 272 g/mol. The second-order valence-corrected chi connectivity index (χ2v) is 6.54. The van der Waals surface area contributed by atoms with Crippen LogP contribution in [0.4, 0.5) is 0 Å². The first-order valence-electron chi connectivity index (χ1n) is 5.92. The van der Waals surface area contributed by atoms with Crippen molar-refractivity contribution < 1.29 is 8.42 Å². The molecule has 1 fully saturated rings. The van der Waals surface area contributed by atoms with Gasteiger partial charge in [-0.3, -0.25) is 9.78 Å². The molecule has 2 unspecified atom stereocenters. The number of nitrogens with one attached hydrogen (secondary N) is 2. The molecule has 0 aliphatic carbocycles. The van der Waals surface area contributed by atoms with E-state index in [1.807, 2.05) is 4.98 Å². The third-order valence-electron chi connectivity index (χ3n) is 3.23. The number of piperidine rings is 1. The zero-order valence-electron chi connectivity index (χ0n) is 10.4. The van der Waals surface area contributed by atoms with Crippen molar-refractivity contribution in [3.05, 3.63) is 27.0 Å². The Balaban J connectivity index is 2.42. The maximum atomic E-state index is 12.4. The predicted molar refractivity (Wildman–Crippen MR) is 68.2 cm³/mol.